The minimum Gasteiger partial charge on any atom is -0.479 e. The van der Waals surface area contributed by atoms with Crippen molar-refractivity contribution in [2.45, 2.75) is 0 Å². The zero-order valence-corrected chi connectivity index (χ0v) is 18.2. The highest BCUT2D eigenvalue weighted by molar-refractivity contribution is 6.06. The molecule has 1 aromatic heterocycles. The monoisotopic (exact) mass is 452 g/mol. The van der Waals surface area contributed by atoms with E-state index in [2.05, 4.69) is 27.1 Å². The van der Waals surface area contributed by atoms with Crippen LogP contribution in [0.4, 0.5) is 0 Å². The molecule has 168 valence electrons. The fourth-order valence-electron chi connectivity index (χ4n) is 3.13. The van der Waals surface area contributed by atoms with E-state index < -0.39 is 0 Å². The molecule has 34 heavy (non-hydrogen) atoms. The van der Waals surface area contributed by atoms with Crippen molar-refractivity contribution < 1.29 is 13.9 Å². The van der Waals surface area contributed by atoms with Crippen LogP contribution in [-0.4, -0.2) is 41.7 Å². The first-order valence-corrected chi connectivity index (χ1v) is 10.1. The molecule has 0 spiro atoms. The van der Waals surface area contributed by atoms with E-state index >= 15 is 0 Å². The van der Waals surface area contributed by atoms with Crippen molar-refractivity contribution in [3.05, 3.63) is 95.6 Å². The van der Waals surface area contributed by atoms with Gasteiger partial charge in [0.2, 0.25) is 29.5 Å². The first-order chi connectivity index (χ1) is 16.6. The number of methoxy groups -OCH3 is 1. The Morgan fingerprint density at radius 3 is 2.03 bits per heavy atom. The molecule has 9 nitrogen and oxygen atoms in total. The Labute approximate surface area is 195 Å². The predicted octanol–water partition coefficient (Wildman–Crippen LogP) is 4.78. The standard InChI is InChI=1S/C25H20N6O3/c1-28-29-23(32-2)19-13-18(22(27)33-21(26)16-9-5-3-6-10-16)14-20(15-19)25-31-30-24(34-25)17-11-7-4-8-12-17/h3-15,26-27H,1H2,2H3/b26-21?,27-22?,29-23-. The van der Waals surface area contributed by atoms with E-state index in [0.717, 1.165) is 5.56 Å². The molecule has 0 saturated heterocycles. The first-order valence-electron chi connectivity index (χ1n) is 10.1. The van der Waals surface area contributed by atoms with Crippen molar-refractivity contribution in [1.29, 1.82) is 10.8 Å². The molecular formula is C25H20N6O3. The number of hydrogen-bond acceptors (Lipinski definition) is 9. The van der Waals surface area contributed by atoms with Gasteiger partial charge in [-0.2, -0.15) is 5.10 Å². The summed E-state index contributed by atoms with van der Waals surface area (Å²) in [5.41, 5.74) is 2.67. The van der Waals surface area contributed by atoms with Gasteiger partial charge in [-0.1, -0.05) is 36.4 Å². The van der Waals surface area contributed by atoms with E-state index in [1.165, 1.54) is 7.11 Å². The lowest BCUT2D eigenvalue weighted by Crippen LogP contribution is -2.14. The average Bonchev–Trinajstić information content (AvgIpc) is 3.38. The largest absolute Gasteiger partial charge is 0.479 e. The van der Waals surface area contributed by atoms with Gasteiger partial charge in [-0.05, 0) is 42.5 Å². The molecule has 1 heterocycles. The van der Waals surface area contributed by atoms with Gasteiger partial charge in [0.1, 0.15) is 0 Å². The summed E-state index contributed by atoms with van der Waals surface area (Å²) < 4.78 is 16.7. The zero-order chi connectivity index (χ0) is 23.9. The van der Waals surface area contributed by atoms with E-state index in [4.69, 9.17) is 24.7 Å². The lowest BCUT2D eigenvalue weighted by molar-refractivity contribution is 0.403. The maximum atomic E-state index is 8.46. The quantitative estimate of drug-likeness (QED) is 0.247. The topological polar surface area (TPSA) is 130 Å². The van der Waals surface area contributed by atoms with E-state index in [-0.39, 0.29) is 23.6 Å². The van der Waals surface area contributed by atoms with Gasteiger partial charge in [-0.3, -0.25) is 10.8 Å². The number of hydrogen-bond donors (Lipinski definition) is 2. The third-order valence-corrected chi connectivity index (χ3v) is 4.73. The minimum absolute atomic E-state index is 0.157. The van der Waals surface area contributed by atoms with Crippen LogP contribution in [0.1, 0.15) is 16.7 Å². The summed E-state index contributed by atoms with van der Waals surface area (Å²) in [4.78, 5) is 0. The van der Waals surface area contributed by atoms with E-state index in [1.807, 2.05) is 36.4 Å². The molecule has 0 aliphatic rings. The van der Waals surface area contributed by atoms with Crippen molar-refractivity contribution >= 4 is 24.4 Å². The molecule has 0 amide bonds. The summed E-state index contributed by atoms with van der Waals surface area (Å²) in [5.74, 6) is 0.353. The van der Waals surface area contributed by atoms with E-state index in [0.29, 0.717) is 28.1 Å². The summed E-state index contributed by atoms with van der Waals surface area (Å²) in [7, 11) is 1.45. The number of aromatic nitrogens is 2. The summed E-state index contributed by atoms with van der Waals surface area (Å²) in [5, 5.41) is 32.4. The fourth-order valence-corrected chi connectivity index (χ4v) is 3.13. The van der Waals surface area contributed by atoms with Gasteiger partial charge in [0.25, 0.3) is 0 Å². The van der Waals surface area contributed by atoms with Crippen LogP contribution in [0.3, 0.4) is 0 Å². The molecule has 9 heteroatoms. The van der Waals surface area contributed by atoms with Crippen LogP contribution in [0.15, 0.2) is 93.5 Å². The van der Waals surface area contributed by atoms with Crippen LogP contribution >= 0.6 is 0 Å². The highest BCUT2D eigenvalue weighted by atomic mass is 16.5. The molecule has 0 aliphatic carbocycles. The van der Waals surface area contributed by atoms with Gasteiger partial charge in [0.15, 0.2) is 0 Å². The number of benzene rings is 3. The van der Waals surface area contributed by atoms with Crippen molar-refractivity contribution in [2.75, 3.05) is 7.11 Å². The molecule has 2 N–H and O–H groups in total. The lowest BCUT2D eigenvalue weighted by Gasteiger charge is -2.11. The van der Waals surface area contributed by atoms with Crippen molar-refractivity contribution in [2.24, 2.45) is 10.2 Å². The number of nitrogens with zero attached hydrogens (tertiary/aromatic N) is 4. The van der Waals surface area contributed by atoms with Crippen LogP contribution in [-0.2, 0) is 9.47 Å². The van der Waals surface area contributed by atoms with Gasteiger partial charge in [-0.25, -0.2) is 0 Å². The molecule has 4 aromatic rings. The maximum absolute atomic E-state index is 8.46. The van der Waals surface area contributed by atoms with Gasteiger partial charge in [-0.15, -0.1) is 15.3 Å². The molecule has 0 bridgehead atoms. The predicted molar refractivity (Wildman–Crippen MR) is 129 cm³/mol. The second kappa shape index (κ2) is 10.1. The highest BCUT2D eigenvalue weighted by Gasteiger charge is 2.18. The highest BCUT2D eigenvalue weighted by Crippen LogP contribution is 2.26. The summed E-state index contributed by atoms with van der Waals surface area (Å²) in [6.45, 7) is 3.37. The van der Waals surface area contributed by atoms with Gasteiger partial charge >= 0.3 is 0 Å². The summed E-state index contributed by atoms with van der Waals surface area (Å²) in [6.07, 6.45) is 0. The Bertz CT molecular complexity index is 1360. The fraction of sp³-hybridized carbons (Fsp3) is 0.0400. The first kappa shape index (κ1) is 22.3. The van der Waals surface area contributed by atoms with E-state index in [1.54, 1.807) is 42.5 Å². The lowest BCUT2D eigenvalue weighted by atomic mass is 10.0. The Balaban J connectivity index is 1.72. The molecule has 0 aliphatic heterocycles. The molecule has 0 fully saturated rings. The number of nitrogens with one attached hydrogen (secondary N) is 2. The Hall–Kier alpha value is -4.92. The minimum atomic E-state index is -0.248. The molecule has 0 unspecified atom stereocenters. The molecular weight excluding hydrogens is 432 g/mol. The van der Waals surface area contributed by atoms with Crippen LogP contribution in [0.2, 0.25) is 0 Å². The average molecular weight is 452 g/mol. The van der Waals surface area contributed by atoms with E-state index in [9.17, 15) is 0 Å². The Morgan fingerprint density at radius 2 is 1.38 bits per heavy atom. The molecule has 3 aromatic carbocycles. The van der Waals surface area contributed by atoms with Crippen LogP contribution in [0.25, 0.3) is 22.9 Å². The SMILES string of the molecule is C=N/N=C(\OC)c1cc(C(=N)OC(=N)c2ccccc2)cc(-c2nnc(-c3ccccc3)o2)c1. The molecule has 0 atom stereocenters. The van der Waals surface area contributed by atoms with Crippen LogP contribution in [0.5, 0.6) is 0 Å². The van der Waals surface area contributed by atoms with Crippen molar-refractivity contribution in [1.82, 2.24) is 10.2 Å². The molecule has 4 rings (SSSR count). The Morgan fingerprint density at radius 1 is 0.794 bits per heavy atom. The number of ether oxygens (including phenoxy) is 2. The zero-order valence-electron chi connectivity index (χ0n) is 18.2. The Kier molecular flexibility index (Phi) is 6.64. The number of rotatable bonds is 6. The third-order valence-electron chi connectivity index (χ3n) is 4.73. The molecule has 0 radical (unpaired) electrons. The van der Waals surface area contributed by atoms with Gasteiger partial charge in [0, 0.05) is 34.5 Å². The normalized spacial score (nSPS) is 11.0. The van der Waals surface area contributed by atoms with Crippen LogP contribution < -0.4 is 0 Å². The van der Waals surface area contributed by atoms with Gasteiger partial charge in [0.05, 0.1) is 7.11 Å². The van der Waals surface area contributed by atoms with Crippen molar-refractivity contribution in [3.63, 3.8) is 0 Å². The summed E-state index contributed by atoms with van der Waals surface area (Å²) in [6, 6.07) is 23.3. The van der Waals surface area contributed by atoms with Gasteiger partial charge < -0.3 is 13.9 Å². The maximum Gasteiger partial charge on any atom is 0.248 e. The molecule has 0 saturated carbocycles. The summed E-state index contributed by atoms with van der Waals surface area (Å²) >= 11 is 0. The second-order valence-corrected chi connectivity index (χ2v) is 6.95. The van der Waals surface area contributed by atoms with Crippen LogP contribution in [0, 0.1) is 10.8 Å². The second-order valence-electron chi connectivity index (χ2n) is 6.95. The smallest absolute Gasteiger partial charge is 0.248 e. The van der Waals surface area contributed by atoms with Crippen molar-refractivity contribution in [3.8, 4) is 22.9 Å². The third kappa shape index (κ3) is 4.94.